The van der Waals surface area contributed by atoms with E-state index in [1.165, 1.54) is 29.7 Å². The quantitative estimate of drug-likeness (QED) is 0.605. The first-order chi connectivity index (χ1) is 9.13. The van der Waals surface area contributed by atoms with Crippen LogP contribution in [0, 0.1) is 13.8 Å². The van der Waals surface area contributed by atoms with E-state index in [9.17, 15) is 0 Å². The predicted molar refractivity (Wildman–Crippen MR) is 84.5 cm³/mol. The molecule has 0 amide bonds. The van der Waals surface area contributed by atoms with E-state index in [1.807, 2.05) is 0 Å². The first kappa shape index (κ1) is 14.5. The lowest BCUT2D eigenvalue weighted by Crippen LogP contribution is -2.05. The molecule has 0 fully saturated rings. The van der Waals surface area contributed by atoms with Crippen molar-refractivity contribution in [3.05, 3.63) is 15.6 Å². The third kappa shape index (κ3) is 3.37. The molecule has 5 heteroatoms. The number of anilines is 1. The number of aromatic nitrogens is 2. The third-order valence-electron chi connectivity index (χ3n) is 3.30. The molecule has 0 bridgehead atoms. The molecule has 3 nitrogen and oxygen atoms in total. The smallest absolute Gasteiger partial charge is 0.225 e. The van der Waals surface area contributed by atoms with Crippen molar-refractivity contribution in [2.75, 3.05) is 11.9 Å². The fourth-order valence-corrected chi connectivity index (χ4v) is 3.43. The van der Waals surface area contributed by atoms with Gasteiger partial charge in [-0.2, -0.15) is 0 Å². The summed E-state index contributed by atoms with van der Waals surface area (Å²) in [4.78, 5) is 11.1. The first-order valence-corrected chi connectivity index (χ1v) is 8.00. The normalized spacial score (nSPS) is 11.2. The van der Waals surface area contributed by atoms with Gasteiger partial charge in [0.05, 0.1) is 5.39 Å². The Morgan fingerprint density at radius 1 is 1.16 bits per heavy atom. The zero-order valence-electron chi connectivity index (χ0n) is 11.7. The number of unbranched alkanes of at least 4 members (excludes halogenated alkanes) is 3. The van der Waals surface area contributed by atoms with E-state index in [1.54, 1.807) is 11.3 Å². The average molecular weight is 298 g/mol. The lowest BCUT2D eigenvalue weighted by atomic mass is 10.2. The van der Waals surface area contributed by atoms with Crippen molar-refractivity contribution in [1.29, 1.82) is 0 Å². The number of nitrogens with zero attached hydrogens (tertiary/aromatic N) is 2. The van der Waals surface area contributed by atoms with E-state index < -0.39 is 0 Å². The number of rotatable bonds is 6. The van der Waals surface area contributed by atoms with Gasteiger partial charge in [-0.15, -0.1) is 11.3 Å². The van der Waals surface area contributed by atoms with Gasteiger partial charge in [-0.3, -0.25) is 0 Å². The first-order valence-electron chi connectivity index (χ1n) is 6.80. The Labute approximate surface area is 123 Å². The standard InChI is InChI=1S/C14H20ClN3S/c1-4-5-6-7-8-16-14-17-12(15)11-9(2)10(3)19-13(11)18-14/h4-8H2,1-3H3,(H,16,17,18). The van der Waals surface area contributed by atoms with Crippen molar-refractivity contribution in [2.24, 2.45) is 0 Å². The van der Waals surface area contributed by atoms with E-state index in [4.69, 9.17) is 11.6 Å². The minimum atomic E-state index is 0.558. The number of aryl methyl sites for hydroxylation is 2. The Kier molecular flexibility index (Phi) is 4.99. The molecule has 0 saturated carbocycles. The highest BCUT2D eigenvalue weighted by Gasteiger charge is 2.12. The van der Waals surface area contributed by atoms with Crippen LogP contribution in [0.3, 0.4) is 0 Å². The van der Waals surface area contributed by atoms with E-state index in [2.05, 4.69) is 36.1 Å². The molecule has 0 aromatic carbocycles. The van der Waals surface area contributed by atoms with Crippen LogP contribution in [0.2, 0.25) is 5.15 Å². The van der Waals surface area contributed by atoms with Gasteiger partial charge in [-0.1, -0.05) is 37.8 Å². The van der Waals surface area contributed by atoms with Crippen LogP contribution in [0.5, 0.6) is 0 Å². The molecular weight excluding hydrogens is 278 g/mol. The lowest BCUT2D eigenvalue weighted by molar-refractivity contribution is 0.683. The van der Waals surface area contributed by atoms with Crippen molar-refractivity contribution in [3.63, 3.8) is 0 Å². The molecule has 0 unspecified atom stereocenters. The van der Waals surface area contributed by atoms with Gasteiger partial charge >= 0.3 is 0 Å². The van der Waals surface area contributed by atoms with Crippen LogP contribution in [0.1, 0.15) is 43.0 Å². The maximum Gasteiger partial charge on any atom is 0.225 e. The molecule has 1 N–H and O–H groups in total. The summed E-state index contributed by atoms with van der Waals surface area (Å²) >= 11 is 7.94. The molecular formula is C14H20ClN3S. The zero-order chi connectivity index (χ0) is 13.8. The Hall–Kier alpha value is -0.870. The second-order valence-corrected chi connectivity index (χ2v) is 6.35. The molecule has 0 atom stereocenters. The van der Waals surface area contributed by atoms with Gasteiger partial charge in [-0.05, 0) is 25.8 Å². The van der Waals surface area contributed by atoms with E-state index in [-0.39, 0.29) is 0 Å². The highest BCUT2D eigenvalue weighted by Crippen LogP contribution is 2.33. The lowest BCUT2D eigenvalue weighted by Gasteiger charge is -2.05. The molecule has 2 heterocycles. The van der Waals surface area contributed by atoms with Crippen molar-refractivity contribution in [1.82, 2.24) is 9.97 Å². The summed E-state index contributed by atoms with van der Waals surface area (Å²) in [6, 6.07) is 0. The molecule has 0 aliphatic carbocycles. The summed E-state index contributed by atoms with van der Waals surface area (Å²) < 4.78 is 0. The van der Waals surface area contributed by atoms with Crippen molar-refractivity contribution >= 4 is 39.1 Å². The monoisotopic (exact) mass is 297 g/mol. The zero-order valence-corrected chi connectivity index (χ0v) is 13.3. The minimum absolute atomic E-state index is 0.558. The number of hydrogen-bond donors (Lipinski definition) is 1. The molecule has 0 saturated heterocycles. The van der Waals surface area contributed by atoms with Gasteiger partial charge in [0, 0.05) is 11.4 Å². The van der Waals surface area contributed by atoms with Crippen molar-refractivity contribution in [2.45, 2.75) is 46.5 Å². The van der Waals surface area contributed by atoms with Crippen molar-refractivity contribution in [3.8, 4) is 0 Å². The molecule has 19 heavy (non-hydrogen) atoms. The largest absolute Gasteiger partial charge is 0.354 e. The van der Waals surface area contributed by atoms with E-state index in [0.29, 0.717) is 11.1 Å². The molecule has 0 aliphatic rings. The van der Waals surface area contributed by atoms with Crippen LogP contribution in [0.15, 0.2) is 0 Å². The SMILES string of the molecule is CCCCCCNc1nc(Cl)c2c(C)c(C)sc2n1. The highest BCUT2D eigenvalue weighted by molar-refractivity contribution is 7.18. The summed E-state index contributed by atoms with van der Waals surface area (Å²) in [6.45, 7) is 7.29. The number of nitrogens with one attached hydrogen (secondary N) is 1. The predicted octanol–water partition coefficient (Wildman–Crippen LogP) is 4.95. The van der Waals surface area contributed by atoms with E-state index in [0.717, 1.165) is 23.2 Å². The van der Waals surface area contributed by atoms with Gasteiger partial charge in [0.2, 0.25) is 5.95 Å². The summed E-state index contributed by atoms with van der Waals surface area (Å²) in [5.41, 5.74) is 1.19. The molecule has 104 valence electrons. The minimum Gasteiger partial charge on any atom is -0.354 e. The molecule has 0 radical (unpaired) electrons. The number of hydrogen-bond acceptors (Lipinski definition) is 4. The Balaban J connectivity index is 2.08. The van der Waals surface area contributed by atoms with Crippen LogP contribution in [0.25, 0.3) is 10.2 Å². The number of thiophene rings is 1. The highest BCUT2D eigenvalue weighted by atomic mass is 35.5. The number of fused-ring (bicyclic) bond motifs is 1. The Morgan fingerprint density at radius 3 is 2.68 bits per heavy atom. The molecule has 2 rings (SSSR count). The summed E-state index contributed by atoms with van der Waals surface area (Å²) in [6.07, 6.45) is 4.93. The summed E-state index contributed by atoms with van der Waals surface area (Å²) in [5.74, 6) is 0.648. The van der Waals surface area contributed by atoms with Crippen LogP contribution in [0.4, 0.5) is 5.95 Å². The Bertz CT molecular complexity index is 565. The maximum atomic E-state index is 6.26. The molecule has 2 aromatic heterocycles. The molecule has 0 spiro atoms. The molecule has 0 aliphatic heterocycles. The fourth-order valence-electron chi connectivity index (χ4n) is 2.03. The molecule has 2 aromatic rings. The van der Waals surface area contributed by atoms with Crippen molar-refractivity contribution < 1.29 is 0 Å². The second-order valence-electron chi connectivity index (χ2n) is 4.79. The topological polar surface area (TPSA) is 37.8 Å². The van der Waals surface area contributed by atoms with Gasteiger partial charge in [0.1, 0.15) is 9.98 Å². The van der Waals surface area contributed by atoms with Crippen LogP contribution in [-0.2, 0) is 0 Å². The summed E-state index contributed by atoms with van der Waals surface area (Å²) in [7, 11) is 0. The number of halogens is 1. The fraction of sp³-hybridized carbons (Fsp3) is 0.571. The van der Waals surface area contributed by atoms with Gasteiger partial charge in [0.25, 0.3) is 0 Å². The van der Waals surface area contributed by atoms with Gasteiger partial charge < -0.3 is 5.32 Å². The average Bonchev–Trinajstić information content (AvgIpc) is 2.65. The van der Waals surface area contributed by atoms with Crippen LogP contribution < -0.4 is 5.32 Å². The van der Waals surface area contributed by atoms with Crippen LogP contribution >= 0.6 is 22.9 Å². The van der Waals surface area contributed by atoms with Crippen LogP contribution in [-0.4, -0.2) is 16.5 Å². The maximum absolute atomic E-state index is 6.26. The second kappa shape index (κ2) is 6.53. The van der Waals surface area contributed by atoms with E-state index >= 15 is 0 Å². The van der Waals surface area contributed by atoms with Gasteiger partial charge in [0.15, 0.2) is 0 Å². The van der Waals surface area contributed by atoms with Gasteiger partial charge in [-0.25, -0.2) is 9.97 Å². The third-order valence-corrected chi connectivity index (χ3v) is 4.67. The Morgan fingerprint density at radius 2 is 1.95 bits per heavy atom. The summed E-state index contributed by atoms with van der Waals surface area (Å²) in [5, 5.41) is 4.82.